The summed E-state index contributed by atoms with van der Waals surface area (Å²) in [5.74, 6) is 0.335. The quantitative estimate of drug-likeness (QED) is 0.404. The molecule has 3 aromatic carbocycles. The number of aryl methyl sites for hydroxylation is 1. The Morgan fingerprint density at radius 3 is 2.45 bits per heavy atom. The van der Waals surface area contributed by atoms with Crippen LogP contribution in [0.25, 0.3) is 0 Å². The van der Waals surface area contributed by atoms with Gasteiger partial charge in [-0.25, -0.2) is 0 Å². The lowest BCUT2D eigenvalue weighted by atomic mass is 10.1. The summed E-state index contributed by atoms with van der Waals surface area (Å²) in [4.78, 5) is 12.1. The highest BCUT2D eigenvalue weighted by Gasteiger charge is 2.09. The van der Waals surface area contributed by atoms with Gasteiger partial charge in [0.2, 0.25) is 0 Å². The van der Waals surface area contributed by atoms with Crippen LogP contribution in [0.15, 0.2) is 71.2 Å². The Hall–Kier alpha value is -2.50. The van der Waals surface area contributed by atoms with Gasteiger partial charge in [0.15, 0.2) is 6.61 Å². The second kappa shape index (κ2) is 10.3. The number of benzene rings is 3. The minimum Gasteiger partial charge on any atom is -0.483 e. The molecular formula is C23H22BrClN2O2. The SMILES string of the molecule is CCc1ccc(NCc2ccc(OCC(=O)Nc3ccccc3Cl)c(Br)c2)cc1. The molecule has 2 N–H and O–H groups in total. The number of hydrogen-bond donors (Lipinski definition) is 2. The Labute approximate surface area is 184 Å². The number of amides is 1. The number of para-hydroxylation sites is 1. The van der Waals surface area contributed by atoms with Gasteiger partial charge in [-0.1, -0.05) is 48.9 Å². The van der Waals surface area contributed by atoms with E-state index in [9.17, 15) is 4.79 Å². The molecule has 3 aromatic rings. The molecule has 0 aliphatic heterocycles. The molecule has 0 aliphatic carbocycles. The number of ether oxygens (including phenoxy) is 1. The van der Waals surface area contributed by atoms with E-state index in [0.717, 1.165) is 22.1 Å². The Bertz CT molecular complexity index is 977. The van der Waals surface area contributed by atoms with Crippen LogP contribution in [-0.2, 0) is 17.8 Å². The number of rotatable bonds is 8. The first-order valence-corrected chi connectivity index (χ1v) is 10.5. The molecule has 0 radical (unpaired) electrons. The first-order chi connectivity index (χ1) is 14.0. The Kier molecular flexibility index (Phi) is 7.55. The number of anilines is 2. The zero-order valence-corrected chi connectivity index (χ0v) is 18.4. The van der Waals surface area contributed by atoms with Gasteiger partial charge in [0.25, 0.3) is 5.91 Å². The highest BCUT2D eigenvalue weighted by atomic mass is 79.9. The van der Waals surface area contributed by atoms with Gasteiger partial charge in [0, 0.05) is 12.2 Å². The highest BCUT2D eigenvalue weighted by molar-refractivity contribution is 9.10. The van der Waals surface area contributed by atoms with Gasteiger partial charge in [0.1, 0.15) is 5.75 Å². The van der Waals surface area contributed by atoms with E-state index in [1.54, 1.807) is 12.1 Å². The summed E-state index contributed by atoms with van der Waals surface area (Å²) in [6, 6.07) is 21.3. The van der Waals surface area contributed by atoms with Gasteiger partial charge in [0.05, 0.1) is 15.2 Å². The molecule has 0 atom stereocenters. The van der Waals surface area contributed by atoms with Crippen LogP contribution >= 0.6 is 27.5 Å². The summed E-state index contributed by atoms with van der Waals surface area (Å²) < 4.78 is 6.43. The Morgan fingerprint density at radius 1 is 1.03 bits per heavy atom. The smallest absolute Gasteiger partial charge is 0.262 e. The molecule has 0 spiro atoms. The van der Waals surface area contributed by atoms with E-state index in [0.29, 0.717) is 23.0 Å². The van der Waals surface area contributed by atoms with Crippen molar-refractivity contribution < 1.29 is 9.53 Å². The zero-order valence-electron chi connectivity index (χ0n) is 16.0. The molecule has 6 heteroatoms. The second-order valence-corrected chi connectivity index (χ2v) is 7.75. The van der Waals surface area contributed by atoms with Crippen LogP contribution in [0.4, 0.5) is 11.4 Å². The number of nitrogens with one attached hydrogen (secondary N) is 2. The molecule has 0 heterocycles. The summed E-state index contributed by atoms with van der Waals surface area (Å²) in [6.45, 7) is 2.73. The normalized spacial score (nSPS) is 10.4. The molecule has 150 valence electrons. The van der Waals surface area contributed by atoms with Crippen LogP contribution in [0.1, 0.15) is 18.1 Å². The maximum Gasteiger partial charge on any atom is 0.262 e. The highest BCUT2D eigenvalue weighted by Crippen LogP contribution is 2.27. The predicted molar refractivity (Wildman–Crippen MR) is 123 cm³/mol. The maximum atomic E-state index is 12.1. The molecule has 1 amide bonds. The summed E-state index contributed by atoms with van der Waals surface area (Å²) in [5.41, 5.74) is 4.06. The lowest BCUT2D eigenvalue weighted by Gasteiger charge is -2.12. The molecular weight excluding hydrogens is 452 g/mol. The number of halogens is 2. The molecule has 29 heavy (non-hydrogen) atoms. The van der Waals surface area contributed by atoms with Crippen molar-refractivity contribution in [1.29, 1.82) is 0 Å². The number of hydrogen-bond acceptors (Lipinski definition) is 3. The molecule has 0 aromatic heterocycles. The standard InChI is InChI=1S/C23H22BrClN2O2/c1-2-16-7-10-18(11-8-16)26-14-17-9-12-22(19(24)13-17)29-15-23(28)27-21-6-4-3-5-20(21)25/h3-13,26H,2,14-15H2,1H3,(H,27,28). The van der Waals surface area contributed by atoms with Crippen LogP contribution in [-0.4, -0.2) is 12.5 Å². The van der Waals surface area contributed by atoms with Crippen LogP contribution in [0, 0.1) is 0 Å². The van der Waals surface area contributed by atoms with Crippen LogP contribution in [0.5, 0.6) is 5.75 Å². The van der Waals surface area contributed by atoms with E-state index >= 15 is 0 Å². The van der Waals surface area contributed by atoms with Crippen molar-refractivity contribution in [3.8, 4) is 5.75 Å². The third-order valence-electron chi connectivity index (χ3n) is 4.36. The third kappa shape index (κ3) is 6.24. The molecule has 4 nitrogen and oxygen atoms in total. The number of carbonyl (C=O) groups excluding carboxylic acids is 1. The minimum absolute atomic E-state index is 0.106. The average Bonchev–Trinajstić information content (AvgIpc) is 2.73. The molecule has 0 aliphatic rings. The Morgan fingerprint density at radius 2 is 1.76 bits per heavy atom. The topological polar surface area (TPSA) is 50.4 Å². The first-order valence-electron chi connectivity index (χ1n) is 9.33. The van der Waals surface area contributed by atoms with Crippen molar-refractivity contribution in [1.82, 2.24) is 0 Å². The molecule has 0 bridgehead atoms. The van der Waals surface area contributed by atoms with Crippen LogP contribution in [0.3, 0.4) is 0 Å². The lowest BCUT2D eigenvalue weighted by molar-refractivity contribution is -0.118. The van der Waals surface area contributed by atoms with Gasteiger partial charge >= 0.3 is 0 Å². The Balaban J connectivity index is 1.52. The molecule has 0 unspecified atom stereocenters. The van der Waals surface area contributed by atoms with Crippen molar-refractivity contribution in [3.63, 3.8) is 0 Å². The average molecular weight is 474 g/mol. The lowest BCUT2D eigenvalue weighted by Crippen LogP contribution is -2.20. The molecule has 3 rings (SSSR count). The van der Waals surface area contributed by atoms with E-state index in [1.807, 2.05) is 30.3 Å². The third-order valence-corrected chi connectivity index (χ3v) is 5.31. The van der Waals surface area contributed by atoms with E-state index in [4.69, 9.17) is 16.3 Å². The van der Waals surface area contributed by atoms with Crippen molar-refractivity contribution in [2.24, 2.45) is 0 Å². The predicted octanol–water partition coefficient (Wildman–Crippen LogP) is 6.29. The first kappa shape index (κ1) is 21.2. The fraction of sp³-hybridized carbons (Fsp3) is 0.174. The van der Waals surface area contributed by atoms with Gasteiger partial charge in [-0.2, -0.15) is 0 Å². The number of carbonyl (C=O) groups is 1. The van der Waals surface area contributed by atoms with Crippen molar-refractivity contribution in [2.75, 3.05) is 17.2 Å². The van der Waals surface area contributed by atoms with Gasteiger partial charge in [-0.15, -0.1) is 0 Å². The van der Waals surface area contributed by atoms with Gasteiger partial charge in [-0.05, 0) is 69.9 Å². The fourth-order valence-electron chi connectivity index (χ4n) is 2.73. The molecule has 0 saturated carbocycles. The van der Waals surface area contributed by atoms with Crippen molar-refractivity contribution >= 4 is 44.8 Å². The van der Waals surface area contributed by atoms with Crippen molar-refractivity contribution in [2.45, 2.75) is 19.9 Å². The monoisotopic (exact) mass is 472 g/mol. The zero-order chi connectivity index (χ0) is 20.6. The second-order valence-electron chi connectivity index (χ2n) is 6.49. The van der Waals surface area contributed by atoms with E-state index in [2.05, 4.69) is 57.8 Å². The summed E-state index contributed by atoms with van der Waals surface area (Å²) in [7, 11) is 0. The van der Waals surface area contributed by atoms with E-state index in [-0.39, 0.29) is 12.5 Å². The summed E-state index contributed by atoms with van der Waals surface area (Å²) in [6.07, 6.45) is 1.03. The van der Waals surface area contributed by atoms with Gasteiger partial charge < -0.3 is 15.4 Å². The van der Waals surface area contributed by atoms with Crippen LogP contribution < -0.4 is 15.4 Å². The summed E-state index contributed by atoms with van der Waals surface area (Å²) >= 11 is 9.56. The largest absolute Gasteiger partial charge is 0.483 e. The van der Waals surface area contributed by atoms with E-state index < -0.39 is 0 Å². The van der Waals surface area contributed by atoms with Crippen LogP contribution in [0.2, 0.25) is 5.02 Å². The molecule has 0 saturated heterocycles. The fourth-order valence-corrected chi connectivity index (χ4v) is 3.45. The minimum atomic E-state index is -0.272. The van der Waals surface area contributed by atoms with Crippen molar-refractivity contribution in [3.05, 3.63) is 87.4 Å². The molecule has 0 fully saturated rings. The van der Waals surface area contributed by atoms with E-state index in [1.165, 1.54) is 5.56 Å². The maximum absolute atomic E-state index is 12.1. The summed E-state index contributed by atoms with van der Waals surface area (Å²) in [5, 5.41) is 6.63. The van der Waals surface area contributed by atoms with Gasteiger partial charge in [-0.3, -0.25) is 4.79 Å².